The Morgan fingerprint density at radius 3 is 2.64 bits per heavy atom. The summed E-state index contributed by atoms with van der Waals surface area (Å²) in [6.45, 7) is 1.05. The normalized spacial score (nSPS) is 11.8. The summed E-state index contributed by atoms with van der Waals surface area (Å²) in [6, 6.07) is 16.4. The number of para-hydroxylation sites is 2. The fraction of sp³-hybridized carbons (Fsp3) is 0.138. The molecule has 0 bridgehead atoms. The molecule has 3 N–H and O–H groups in total. The van der Waals surface area contributed by atoms with Gasteiger partial charge in [0.1, 0.15) is 23.1 Å². The van der Waals surface area contributed by atoms with Gasteiger partial charge < -0.3 is 29.3 Å². The van der Waals surface area contributed by atoms with Crippen molar-refractivity contribution in [2.24, 2.45) is 0 Å². The molecule has 0 spiro atoms. The van der Waals surface area contributed by atoms with Gasteiger partial charge in [-0.05, 0) is 42.8 Å². The first-order valence-corrected chi connectivity index (χ1v) is 12.0. The molecule has 198 valence electrons. The molecule has 1 atom stereocenters. The van der Waals surface area contributed by atoms with Crippen molar-refractivity contribution in [2.75, 3.05) is 6.61 Å². The molecule has 39 heavy (non-hydrogen) atoms. The zero-order valence-electron chi connectivity index (χ0n) is 20.7. The third-order valence-electron chi connectivity index (χ3n) is 6.14. The van der Waals surface area contributed by atoms with Crippen molar-refractivity contribution >= 4 is 33.7 Å². The molecule has 0 aliphatic heterocycles. The van der Waals surface area contributed by atoms with Crippen molar-refractivity contribution in [1.29, 1.82) is 0 Å². The summed E-state index contributed by atoms with van der Waals surface area (Å²) in [5.41, 5.74) is 1.31. The van der Waals surface area contributed by atoms with E-state index in [2.05, 4.69) is 10.3 Å². The number of carbonyl (C=O) groups excluding carboxylic acids is 1. The van der Waals surface area contributed by atoms with Crippen LogP contribution in [-0.2, 0) is 16.0 Å². The molecule has 0 saturated carbocycles. The molecule has 3 aromatic carbocycles. The standard InChI is InChI=1S/C29H23FN2O7/c1-16-28(39-24-9-5-3-7-21(24)30)27(34)20-11-10-18(13-25(20)38-16)37-15-26(33)32-23(29(35)36)12-17-14-31-22-8-4-2-6-19(17)22/h2-11,13-14,23,31H,12,15H2,1H3,(H,32,33)(H,35,36)/t23-/m1/s1. The van der Waals surface area contributed by atoms with Gasteiger partial charge in [-0.1, -0.05) is 30.3 Å². The second-order valence-corrected chi connectivity index (χ2v) is 8.82. The lowest BCUT2D eigenvalue weighted by molar-refractivity contribution is -0.142. The lowest BCUT2D eigenvalue weighted by Gasteiger charge is -2.15. The molecule has 0 aliphatic carbocycles. The van der Waals surface area contributed by atoms with E-state index in [9.17, 15) is 23.9 Å². The van der Waals surface area contributed by atoms with Gasteiger partial charge >= 0.3 is 5.97 Å². The van der Waals surface area contributed by atoms with Crippen LogP contribution < -0.4 is 20.2 Å². The summed E-state index contributed by atoms with van der Waals surface area (Å²) >= 11 is 0. The van der Waals surface area contributed by atoms with Gasteiger partial charge in [0.25, 0.3) is 5.91 Å². The van der Waals surface area contributed by atoms with Crippen LogP contribution in [0.2, 0.25) is 0 Å². The minimum Gasteiger partial charge on any atom is -0.484 e. The van der Waals surface area contributed by atoms with E-state index in [1.54, 1.807) is 12.3 Å². The fourth-order valence-electron chi connectivity index (χ4n) is 4.22. The number of aliphatic carboxylic acids is 1. The summed E-state index contributed by atoms with van der Waals surface area (Å²) in [4.78, 5) is 40.4. The fourth-order valence-corrected chi connectivity index (χ4v) is 4.22. The van der Waals surface area contributed by atoms with Crippen LogP contribution in [-0.4, -0.2) is 34.6 Å². The quantitative estimate of drug-likeness (QED) is 0.252. The first-order chi connectivity index (χ1) is 18.8. The number of H-pyrrole nitrogens is 1. The topological polar surface area (TPSA) is 131 Å². The van der Waals surface area contributed by atoms with Crippen LogP contribution in [0.25, 0.3) is 21.9 Å². The molecule has 10 heteroatoms. The Bertz CT molecular complexity index is 1760. The summed E-state index contributed by atoms with van der Waals surface area (Å²) in [6.07, 6.45) is 1.81. The molecule has 1 amide bonds. The van der Waals surface area contributed by atoms with Gasteiger partial charge in [-0.3, -0.25) is 9.59 Å². The number of aryl methyl sites for hydroxylation is 1. The Kier molecular flexibility index (Phi) is 7.00. The molecule has 0 radical (unpaired) electrons. The number of hydrogen-bond acceptors (Lipinski definition) is 6. The maximum atomic E-state index is 14.0. The highest BCUT2D eigenvalue weighted by atomic mass is 19.1. The van der Waals surface area contributed by atoms with Crippen LogP contribution in [0.15, 0.2) is 82.1 Å². The van der Waals surface area contributed by atoms with Gasteiger partial charge in [0.2, 0.25) is 11.2 Å². The predicted molar refractivity (Wildman–Crippen MR) is 141 cm³/mol. The zero-order chi connectivity index (χ0) is 27.5. The lowest BCUT2D eigenvalue weighted by atomic mass is 10.1. The number of halogens is 1. The Hall–Kier alpha value is -5.12. The monoisotopic (exact) mass is 530 g/mol. The summed E-state index contributed by atoms with van der Waals surface area (Å²) in [5.74, 6) is -2.32. The Morgan fingerprint density at radius 1 is 1.08 bits per heavy atom. The molecule has 9 nitrogen and oxygen atoms in total. The molecule has 2 heterocycles. The molecule has 0 aliphatic rings. The van der Waals surface area contributed by atoms with Gasteiger partial charge in [0, 0.05) is 29.6 Å². The number of carbonyl (C=O) groups is 2. The van der Waals surface area contributed by atoms with Crippen molar-refractivity contribution in [3.63, 3.8) is 0 Å². The van der Waals surface area contributed by atoms with Crippen LogP contribution in [0.3, 0.4) is 0 Å². The van der Waals surface area contributed by atoms with Crippen molar-refractivity contribution in [3.8, 4) is 17.2 Å². The SMILES string of the molecule is Cc1oc2cc(OCC(=O)N[C@H](Cc3c[nH]c4ccccc34)C(=O)O)ccc2c(=O)c1Oc1ccccc1F. The smallest absolute Gasteiger partial charge is 0.326 e. The number of fused-ring (bicyclic) bond motifs is 2. The molecular weight excluding hydrogens is 507 g/mol. The van der Waals surface area contributed by atoms with E-state index in [1.165, 1.54) is 43.3 Å². The number of amides is 1. The van der Waals surface area contributed by atoms with Gasteiger partial charge in [-0.15, -0.1) is 0 Å². The average Bonchev–Trinajstić information content (AvgIpc) is 3.33. The number of aromatic amines is 1. The van der Waals surface area contributed by atoms with Crippen LogP contribution >= 0.6 is 0 Å². The first-order valence-electron chi connectivity index (χ1n) is 12.0. The number of nitrogens with one attached hydrogen (secondary N) is 2. The third-order valence-corrected chi connectivity index (χ3v) is 6.14. The number of carboxylic acids is 1. The van der Waals surface area contributed by atoms with Gasteiger partial charge in [0.05, 0.1) is 5.39 Å². The maximum Gasteiger partial charge on any atom is 0.326 e. The van der Waals surface area contributed by atoms with Crippen molar-refractivity contribution < 1.29 is 33.0 Å². The molecule has 5 rings (SSSR count). The number of ether oxygens (including phenoxy) is 2. The molecule has 0 saturated heterocycles. The van der Waals surface area contributed by atoms with E-state index >= 15 is 0 Å². The molecule has 0 unspecified atom stereocenters. The number of benzene rings is 3. The van der Waals surface area contributed by atoms with E-state index in [-0.39, 0.29) is 40.4 Å². The van der Waals surface area contributed by atoms with Crippen molar-refractivity contribution in [2.45, 2.75) is 19.4 Å². The van der Waals surface area contributed by atoms with Crippen LogP contribution in [0.5, 0.6) is 17.2 Å². The number of rotatable bonds is 9. The highest BCUT2D eigenvalue weighted by Gasteiger charge is 2.22. The Morgan fingerprint density at radius 2 is 1.85 bits per heavy atom. The van der Waals surface area contributed by atoms with Crippen molar-refractivity contribution in [1.82, 2.24) is 10.3 Å². The second kappa shape index (κ2) is 10.7. The zero-order valence-corrected chi connectivity index (χ0v) is 20.7. The van der Waals surface area contributed by atoms with Gasteiger partial charge in [-0.25, -0.2) is 9.18 Å². The number of aromatic nitrogens is 1. The third kappa shape index (κ3) is 5.45. The first kappa shape index (κ1) is 25.5. The highest BCUT2D eigenvalue weighted by molar-refractivity contribution is 5.87. The minimum atomic E-state index is -1.18. The minimum absolute atomic E-state index is 0.0861. The second-order valence-electron chi connectivity index (χ2n) is 8.82. The molecule has 0 fully saturated rings. The van der Waals surface area contributed by atoms with E-state index in [0.717, 1.165) is 16.5 Å². The molecule has 2 aromatic heterocycles. The van der Waals surface area contributed by atoms with Gasteiger partial charge in [0.15, 0.2) is 18.2 Å². The van der Waals surface area contributed by atoms with Gasteiger partial charge in [-0.2, -0.15) is 0 Å². The Labute approximate surface area is 220 Å². The van der Waals surface area contributed by atoms with E-state index in [1.807, 2.05) is 24.3 Å². The van der Waals surface area contributed by atoms with Crippen LogP contribution in [0, 0.1) is 12.7 Å². The molecular formula is C29H23FN2O7. The number of carboxylic acid groups (broad SMARTS) is 1. The summed E-state index contributed by atoms with van der Waals surface area (Å²) < 4.78 is 30.7. The summed E-state index contributed by atoms with van der Waals surface area (Å²) in [5, 5.41) is 13.2. The van der Waals surface area contributed by atoms with E-state index < -0.39 is 35.8 Å². The van der Waals surface area contributed by atoms with Crippen LogP contribution in [0.4, 0.5) is 4.39 Å². The average molecular weight is 531 g/mol. The van der Waals surface area contributed by atoms with E-state index in [4.69, 9.17) is 13.9 Å². The largest absolute Gasteiger partial charge is 0.484 e. The summed E-state index contributed by atoms with van der Waals surface area (Å²) in [7, 11) is 0. The highest BCUT2D eigenvalue weighted by Crippen LogP contribution is 2.28. The van der Waals surface area contributed by atoms with E-state index in [0.29, 0.717) is 0 Å². The number of hydrogen-bond donors (Lipinski definition) is 3. The van der Waals surface area contributed by atoms with Crippen LogP contribution in [0.1, 0.15) is 11.3 Å². The Balaban J connectivity index is 1.27. The maximum absolute atomic E-state index is 14.0. The lowest BCUT2D eigenvalue weighted by Crippen LogP contribution is -2.44. The van der Waals surface area contributed by atoms with Crippen molar-refractivity contribution in [3.05, 3.63) is 100 Å². The molecule has 5 aromatic rings. The predicted octanol–water partition coefficient (Wildman–Crippen LogP) is 4.71.